The smallest absolute Gasteiger partial charge is 0.352 e. The fraction of sp³-hybridized carbons (Fsp3) is 0.207. The molecular weight excluding hydrogens is 580 g/mol. The molecule has 7 nitrogen and oxygen atoms in total. The van der Waals surface area contributed by atoms with Crippen molar-refractivity contribution in [3.05, 3.63) is 93.6 Å². The standard InChI is InChI=1S/C29H25Cl2F3N4O3/c1-16(2)26(39)35-14-17-6-8-23(31)22(10-17)27(40)36-21-7-9-24-18(11-21)12-25(38(24)15-29(32,33)34)28(41)37-20-5-3-4-19(30)13-20/h3-13,16H,14-15H2,1-2H3,(H,35,39)(H,36,40)(H,37,41). The van der Waals surface area contributed by atoms with Crippen LogP contribution in [-0.4, -0.2) is 28.5 Å². The molecule has 0 unspecified atom stereocenters. The number of carbonyl (C=O) groups excluding carboxylic acids is 3. The maximum atomic E-state index is 13.5. The Morgan fingerprint density at radius 1 is 0.878 bits per heavy atom. The summed E-state index contributed by atoms with van der Waals surface area (Å²) in [6.45, 7) is 2.33. The quantitative estimate of drug-likeness (QED) is 0.197. The first-order valence-electron chi connectivity index (χ1n) is 12.4. The Kier molecular flexibility index (Phi) is 8.94. The van der Waals surface area contributed by atoms with E-state index in [4.69, 9.17) is 23.2 Å². The van der Waals surface area contributed by atoms with E-state index >= 15 is 0 Å². The van der Waals surface area contributed by atoms with Crippen molar-refractivity contribution in [2.75, 3.05) is 10.6 Å². The molecule has 1 heterocycles. The van der Waals surface area contributed by atoms with Gasteiger partial charge in [0.25, 0.3) is 11.8 Å². The molecule has 3 N–H and O–H groups in total. The topological polar surface area (TPSA) is 92.2 Å². The monoisotopic (exact) mass is 604 g/mol. The van der Waals surface area contributed by atoms with Gasteiger partial charge in [0.15, 0.2) is 0 Å². The van der Waals surface area contributed by atoms with Gasteiger partial charge < -0.3 is 20.5 Å². The summed E-state index contributed by atoms with van der Waals surface area (Å²) in [7, 11) is 0. The zero-order valence-electron chi connectivity index (χ0n) is 21.9. The number of alkyl halides is 3. The highest BCUT2D eigenvalue weighted by molar-refractivity contribution is 6.34. The Hall–Kier alpha value is -4.02. The van der Waals surface area contributed by atoms with Crippen LogP contribution in [0.4, 0.5) is 24.5 Å². The van der Waals surface area contributed by atoms with Crippen molar-refractivity contribution in [1.29, 1.82) is 0 Å². The number of halogens is 5. The van der Waals surface area contributed by atoms with Crippen LogP contribution in [0.3, 0.4) is 0 Å². The van der Waals surface area contributed by atoms with Gasteiger partial charge in [-0.3, -0.25) is 14.4 Å². The zero-order valence-corrected chi connectivity index (χ0v) is 23.4. The lowest BCUT2D eigenvalue weighted by atomic mass is 10.1. The van der Waals surface area contributed by atoms with Crippen LogP contribution in [0, 0.1) is 5.92 Å². The van der Waals surface area contributed by atoms with E-state index in [1.807, 2.05) is 0 Å². The summed E-state index contributed by atoms with van der Waals surface area (Å²) in [5.74, 6) is -1.65. The van der Waals surface area contributed by atoms with Gasteiger partial charge in [0, 0.05) is 39.8 Å². The molecule has 0 spiro atoms. The van der Waals surface area contributed by atoms with E-state index in [2.05, 4.69) is 16.0 Å². The Morgan fingerprint density at radius 3 is 2.27 bits per heavy atom. The maximum Gasteiger partial charge on any atom is 0.406 e. The summed E-state index contributed by atoms with van der Waals surface area (Å²) in [5.41, 5.74) is 1.34. The van der Waals surface area contributed by atoms with Crippen LogP contribution in [0.5, 0.6) is 0 Å². The fourth-order valence-corrected chi connectivity index (χ4v) is 4.49. The van der Waals surface area contributed by atoms with Gasteiger partial charge >= 0.3 is 6.18 Å². The third kappa shape index (κ3) is 7.59. The summed E-state index contributed by atoms with van der Waals surface area (Å²) in [4.78, 5) is 37.9. The number of nitrogens with zero attached hydrogens (tertiary/aromatic N) is 1. The molecule has 0 aliphatic heterocycles. The van der Waals surface area contributed by atoms with Crippen molar-refractivity contribution in [3.63, 3.8) is 0 Å². The minimum absolute atomic E-state index is 0.141. The van der Waals surface area contributed by atoms with Crippen LogP contribution in [0.25, 0.3) is 10.9 Å². The van der Waals surface area contributed by atoms with Gasteiger partial charge in [0.05, 0.1) is 10.6 Å². The van der Waals surface area contributed by atoms with E-state index in [1.54, 1.807) is 50.2 Å². The molecule has 41 heavy (non-hydrogen) atoms. The van der Waals surface area contributed by atoms with Crippen molar-refractivity contribution in [1.82, 2.24) is 9.88 Å². The molecule has 3 aromatic carbocycles. The molecule has 0 aliphatic carbocycles. The summed E-state index contributed by atoms with van der Waals surface area (Å²) in [6, 6.07) is 16.6. The second-order valence-electron chi connectivity index (χ2n) is 9.61. The molecule has 0 saturated heterocycles. The molecule has 4 aromatic rings. The highest BCUT2D eigenvalue weighted by Crippen LogP contribution is 2.29. The molecule has 4 rings (SSSR count). The van der Waals surface area contributed by atoms with Gasteiger partial charge in [0.1, 0.15) is 12.2 Å². The second-order valence-corrected chi connectivity index (χ2v) is 10.5. The zero-order chi connectivity index (χ0) is 29.9. The van der Waals surface area contributed by atoms with Crippen molar-refractivity contribution in [2.45, 2.75) is 33.1 Å². The van der Waals surface area contributed by atoms with E-state index in [-0.39, 0.29) is 45.9 Å². The van der Waals surface area contributed by atoms with Gasteiger partial charge in [-0.15, -0.1) is 0 Å². The van der Waals surface area contributed by atoms with Gasteiger partial charge in [0.2, 0.25) is 5.91 Å². The lowest BCUT2D eigenvalue weighted by molar-refractivity contribution is -0.140. The Labute approximate surface area is 243 Å². The predicted molar refractivity (Wildman–Crippen MR) is 153 cm³/mol. The number of carbonyl (C=O) groups is 3. The molecular formula is C29H25Cl2F3N4O3. The number of aromatic nitrogens is 1. The fourth-order valence-electron chi connectivity index (χ4n) is 4.10. The molecule has 12 heteroatoms. The molecule has 0 bridgehead atoms. The van der Waals surface area contributed by atoms with Gasteiger partial charge in [-0.05, 0) is 60.2 Å². The van der Waals surface area contributed by atoms with Crippen molar-refractivity contribution < 1.29 is 27.6 Å². The molecule has 0 saturated carbocycles. The van der Waals surface area contributed by atoms with E-state index in [0.717, 1.165) is 4.57 Å². The van der Waals surface area contributed by atoms with Crippen LogP contribution in [0.1, 0.15) is 40.3 Å². The van der Waals surface area contributed by atoms with E-state index in [9.17, 15) is 27.6 Å². The van der Waals surface area contributed by atoms with Gasteiger partial charge in [-0.2, -0.15) is 13.2 Å². The van der Waals surface area contributed by atoms with Crippen LogP contribution >= 0.6 is 23.2 Å². The van der Waals surface area contributed by atoms with E-state index in [1.165, 1.54) is 30.3 Å². The van der Waals surface area contributed by atoms with Crippen LogP contribution in [0.2, 0.25) is 10.0 Å². The number of hydrogen-bond acceptors (Lipinski definition) is 3. The normalized spacial score (nSPS) is 11.5. The first-order chi connectivity index (χ1) is 19.3. The number of rotatable bonds is 8. The highest BCUT2D eigenvalue weighted by atomic mass is 35.5. The lowest BCUT2D eigenvalue weighted by Crippen LogP contribution is -2.27. The average Bonchev–Trinajstić information content (AvgIpc) is 3.24. The van der Waals surface area contributed by atoms with Gasteiger partial charge in [-0.25, -0.2) is 0 Å². The van der Waals surface area contributed by atoms with Crippen molar-refractivity contribution >= 4 is 63.2 Å². The third-order valence-electron chi connectivity index (χ3n) is 6.08. The van der Waals surface area contributed by atoms with E-state index < -0.39 is 24.5 Å². The first kappa shape index (κ1) is 30.0. The first-order valence-corrected chi connectivity index (χ1v) is 13.2. The van der Waals surface area contributed by atoms with Crippen molar-refractivity contribution in [3.8, 4) is 0 Å². The second kappa shape index (κ2) is 12.2. The largest absolute Gasteiger partial charge is 0.406 e. The SMILES string of the molecule is CC(C)C(=O)NCc1ccc(Cl)c(C(=O)Nc2ccc3c(c2)cc(C(=O)Nc2cccc(Cl)c2)n3CC(F)(F)F)c1. The Balaban J connectivity index is 1.60. The Bertz CT molecular complexity index is 1630. The molecule has 0 radical (unpaired) electrons. The number of benzene rings is 3. The lowest BCUT2D eigenvalue weighted by Gasteiger charge is -2.14. The number of amides is 3. The number of fused-ring (bicyclic) bond motifs is 1. The molecule has 0 fully saturated rings. The molecule has 0 atom stereocenters. The summed E-state index contributed by atoms with van der Waals surface area (Å²) < 4.78 is 41.2. The average molecular weight is 605 g/mol. The van der Waals surface area contributed by atoms with Crippen molar-refractivity contribution in [2.24, 2.45) is 5.92 Å². The number of anilines is 2. The molecule has 214 valence electrons. The Morgan fingerprint density at radius 2 is 1.59 bits per heavy atom. The van der Waals surface area contributed by atoms with Crippen LogP contribution in [-0.2, 0) is 17.9 Å². The minimum Gasteiger partial charge on any atom is -0.352 e. The van der Waals surface area contributed by atoms with Crippen LogP contribution < -0.4 is 16.0 Å². The van der Waals surface area contributed by atoms with Gasteiger partial charge in [-0.1, -0.05) is 49.2 Å². The predicted octanol–water partition coefficient (Wildman–Crippen LogP) is 7.29. The summed E-state index contributed by atoms with van der Waals surface area (Å²) in [5, 5.41) is 8.87. The summed E-state index contributed by atoms with van der Waals surface area (Å²) in [6.07, 6.45) is -4.60. The summed E-state index contributed by atoms with van der Waals surface area (Å²) >= 11 is 12.2. The van der Waals surface area contributed by atoms with Crippen LogP contribution in [0.15, 0.2) is 66.7 Å². The number of hydrogen-bond donors (Lipinski definition) is 3. The molecule has 1 aromatic heterocycles. The van der Waals surface area contributed by atoms with E-state index in [0.29, 0.717) is 21.7 Å². The maximum absolute atomic E-state index is 13.5. The molecule has 0 aliphatic rings. The highest BCUT2D eigenvalue weighted by Gasteiger charge is 2.31. The number of nitrogens with one attached hydrogen (secondary N) is 3. The molecule has 3 amide bonds. The minimum atomic E-state index is -4.60. The third-order valence-corrected chi connectivity index (χ3v) is 6.64.